The maximum absolute atomic E-state index is 11.7. The van der Waals surface area contributed by atoms with Crippen molar-refractivity contribution in [3.63, 3.8) is 0 Å². The lowest BCUT2D eigenvalue weighted by atomic mass is 10.0. The van der Waals surface area contributed by atoms with E-state index in [0.717, 1.165) is 32.2 Å². The number of piperidine rings is 1. The maximum atomic E-state index is 11.7. The van der Waals surface area contributed by atoms with Gasteiger partial charge < -0.3 is 15.7 Å². The molecule has 1 amide bonds. The predicted octanol–water partition coefficient (Wildman–Crippen LogP) is -0.291. The molecule has 1 heterocycles. The Kier molecular flexibility index (Phi) is 2.49. The predicted molar refractivity (Wildman–Crippen MR) is 52.5 cm³/mol. The third-order valence-corrected chi connectivity index (χ3v) is 3.39. The van der Waals surface area contributed by atoms with Crippen LogP contribution in [0.3, 0.4) is 0 Å². The van der Waals surface area contributed by atoms with E-state index >= 15 is 0 Å². The quantitative estimate of drug-likeness (QED) is 0.655. The van der Waals surface area contributed by atoms with Gasteiger partial charge in [0, 0.05) is 18.5 Å². The lowest BCUT2D eigenvalue weighted by molar-refractivity contribution is -0.136. The van der Waals surface area contributed by atoms with Crippen molar-refractivity contribution in [2.24, 2.45) is 11.1 Å². The summed E-state index contributed by atoms with van der Waals surface area (Å²) in [5.41, 5.74) is 5.72. The van der Waals surface area contributed by atoms with Crippen molar-refractivity contribution in [1.82, 2.24) is 4.90 Å². The molecule has 1 aliphatic heterocycles. The summed E-state index contributed by atoms with van der Waals surface area (Å²) in [6.07, 6.45) is 3.89. The Morgan fingerprint density at radius 2 is 2.29 bits per heavy atom. The van der Waals surface area contributed by atoms with Crippen LogP contribution in [0.15, 0.2) is 0 Å². The van der Waals surface area contributed by atoms with Crippen LogP contribution in [-0.2, 0) is 4.79 Å². The number of hydrogen-bond donors (Lipinski definition) is 2. The minimum atomic E-state index is -0.307. The highest BCUT2D eigenvalue weighted by atomic mass is 16.3. The van der Waals surface area contributed by atoms with Crippen molar-refractivity contribution in [2.75, 3.05) is 19.7 Å². The second-order valence-electron chi connectivity index (χ2n) is 4.67. The van der Waals surface area contributed by atoms with Gasteiger partial charge in [-0.25, -0.2) is 0 Å². The highest BCUT2D eigenvalue weighted by molar-refractivity contribution is 5.82. The Balaban J connectivity index is 1.93. The zero-order valence-electron chi connectivity index (χ0n) is 8.41. The van der Waals surface area contributed by atoms with Crippen molar-refractivity contribution in [2.45, 2.75) is 31.7 Å². The molecule has 1 aliphatic carbocycles. The Hall–Kier alpha value is -0.610. The fourth-order valence-electron chi connectivity index (χ4n) is 2.08. The number of aliphatic hydroxyl groups excluding tert-OH is 1. The number of likely N-dealkylation sites (tertiary alicyclic amines) is 1. The molecule has 1 atom stereocenters. The Bertz CT molecular complexity index is 238. The maximum Gasteiger partial charge on any atom is 0.239 e. The van der Waals surface area contributed by atoms with Crippen molar-refractivity contribution < 1.29 is 9.90 Å². The molecule has 0 aromatic rings. The molecule has 2 fully saturated rings. The number of nitrogens with zero attached hydrogens (tertiary/aromatic N) is 1. The average Bonchev–Trinajstić information content (AvgIpc) is 2.94. The van der Waals surface area contributed by atoms with Crippen LogP contribution in [-0.4, -0.2) is 41.7 Å². The first-order valence-electron chi connectivity index (χ1n) is 5.32. The summed E-state index contributed by atoms with van der Waals surface area (Å²) >= 11 is 0. The van der Waals surface area contributed by atoms with Gasteiger partial charge in [0.1, 0.15) is 0 Å². The molecule has 80 valence electrons. The molecule has 14 heavy (non-hydrogen) atoms. The van der Waals surface area contributed by atoms with E-state index in [0.29, 0.717) is 6.54 Å². The third kappa shape index (κ3) is 1.77. The standard InChI is InChI=1S/C10H18N2O2/c11-8-2-1-5-12(9(8)14)6-10(7-13)3-4-10/h8,13H,1-7,11H2. The van der Waals surface area contributed by atoms with E-state index in [4.69, 9.17) is 5.73 Å². The highest BCUT2D eigenvalue weighted by Crippen LogP contribution is 2.45. The van der Waals surface area contributed by atoms with Gasteiger partial charge >= 0.3 is 0 Å². The summed E-state index contributed by atoms with van der Waals surface area (Å²) in [7, 11) is 0. The van der Waals surface area contributed by atoms with E-state index in [9.17, 15) is 9.90 Å². The van der Waals surface area contributed by atoms with E-state index in [2.05, 4.69) is 0 Å². The zero-order chi connectivity index (χ0) is 10.2. The summed E-state index contributed by atoms with van der Waals surface area (Å²) in [5, 5.41) is 9.17. The lowest BCUT2D eigenvalue weighted by Gasteiger charge is -2.33. The third-order valence-electron chi connectivity index (χ3n) is 3.39. The molecular formula is C10H18N2O2. The van der Waals surface area contributed by atoms with Crippen molar-refractivity contribution in [3.8, 4) is 0 Å². The highest BCUT2D eigenvalue weighted by Gasteiger charge is 2.45. The molecule has 1 saturated carbocycles. The molecule has 0 spiro atoms. The molecule has 2 aliphatic rings. The van der Waals surface area contributed by atoms with Crippen LogP contribution in [0.25, 0.3) is 0 Å². The van der Waals surface area contributed by atoms with Crippen LogP contribution in [0.1, 0.15) is 25.7 Å². The summed E-state index contributed by atoms with van der Waals surface area (Å²) in [5.74, 6) is 0.0657. The average molecular weight is 198 g/mol. The van der Waals surface area contributed by atoms with E-state index in [-0.39, 0.29) is 24.0 Å². The van der Waals surface area contributed by atoms with Gasteiger partial charge in [-0.15, -0.1) is 0 Å². The monoisotopic (exact) mass is 198 g/mol. The van der Waals surface area contributed by atoms with Crippen LogP contribution >= 0.6 is 0 Å². The summed E-state index contributed by atoms with van der Waals surface area (Å²) in [6, 6.07) is -0.307. The summed E-state index contributed by atoms with van der Waals surface area (Å²) < 4.78 is 0. The van der Waals surface area contributed by atoms with E-state index in [1.165, 1.54) is 0 Å². The molecule has 0 bridgehead atoms. The second-order valence-corrected chi connectivity index (χ2v) is 4.67. The molecule has 0 radical (unpaired) electrons. The van der Waals surface area contributed by atoms with Gasteiger partial charge in [0.15, 0.2) is 0 Å². The van der Waals surface area contributed by atoms with Crippen LogP contribution in [0.2, 0.25) is 0 Å². The minimum absolute atomic E-state index is 0.0206. The first-order valence-corrected chi connectivity index (χ1v) is 5.32. The van der Waals surface area contributed by atoms with E-state index in [1.807, 2.05) is 4.90 Å². The van der Waals surface area contributed by atoms with Crippen molar-refractivity contribution in [3.05, 3.63) is 0 Å². The number of hydrogen-bond acceptors (Lipinski definition) is 3. The van der Waals surface area contributed by atoms with Gasteiger partial charge in [-0.3, -0.25) is 4.79 Å². The lowest BCUT2D eigenvalue weighted by Crippen LogP contribution is -2.50. The topological polar surface area (TPSA) is 66.6 Å². The van der Waals surface area contributed by atoms with Gasteiger partial charge in [-0.1, -0.05) is 0 Å². The molecular weight excluding hydrogens is 180 g/mol. The summed E-state index contributed by atoms with van der Waals surface area (Å²) in [4.78, 5) is 13.5. The van der Waals surface area contributed by atoms with Gasteiger partial charge in [-0.2, -0.15) is 0 Å². The Morgan fingerprint density at radius 1 is 1.57 bits per heavy atom. The van der Waals surface area contributed by atoms with Crippen LogP contribution < -0.4 is 5.73 Å². The molecule has 3 N–H and O–H groups in total. The zero-order valence-corrected chi connectivity index (χ0v) is 8.41. The van der Waals surface area contributed by atoms with Gasteiger partial charge in [0.2, 0.25) is 5.91 Å². The molecule has 2 rings (SSSR count). The number of amides is 1. The normalized spacial score (nSPS) is 30.6. The van der Waals surface area contributed by atoms with Crippen LogP contribution in [0, 0.1) is 5.41 Å². The fraction of sp³-hybridized carbons (Fsp3) is 0.900. The molecule has 4 nitrogen and oxygen atoms in total. The second kappa shape index (κ2) is 3.51. The van der Waals surface area contributed by atoms with E-state index < -0.39 is 0 Å². The minimum Gasteiger partial charge on any atom is -0.396 e. The fourth-order valence-corrected chi connectivity index (χ4v) is 2.08. The number of rotatable bonds is 3. The number of carbonyl (C=O) groups excluding carboxylic acids is 1. The molecule has 0 aromatic heterocycles. The smallest absolute Gasteiger partial charge is 0.239 e. The molecule has 1 unspecified atom stereocenters. The summed E-state index contributed by atoms with van der Waals surface area (Å²) in [6.45, 7) is 1.72. The Labute approximate surface area is 84.1 Å². The van der Waals surface area contributed by atoms with Crippen molar-refractivity contribution >= 4 is 5.91 Å². The van der Waals surface area contributed by atoms with Crippen molar-refractivity contribution in [1.29, 1.82) is 0 Å². The molecule has 1 saturated heterocycles. The molecule has 0 aromatic carbocycles. The SMILES string of the molecule is NC1CCCN(CC2(CO)CC2)C1=O. The van der Waals surface area contributed by atoms with E-state index in [1.54, 1.807) is 0 Å². The number of aliphatic hydroxyl groups is 1. The number of carbonyl (C=O) groups is 1. The van der Waals surface area contributed by atoms with Gasteiger partial charge in [0.05, 0.1) is 12.6 Å². The first kappa shape index (κ1) is 9.93. The van der Waals surface area contributed by atoms with Crippen LogP contribution in [0.4, 0.5) is 0 Å². The number of nitrogens with two attached hydrogens (primary N) is 1. The molecule has 4 heteroatoms. The van der Waals surface area contributed by atoms with Gasteiger partial charge in [-0.05, 0) is 25.7 Å². The Morgan fingerprint density at radius 3 is 2.86 bits per heavy atom. The largest absolute Gasteiger partial charge is 0.396 e. The van der Waals surface area contributed by atoms with Crippen LogP contribution in [0.5, 0.6) is 0 Å². The van der Waals surface area contributed by atoms with Gasteiger partial charge in [0.25, 0.3) is 0 Å². The first-order chi connectivity index (χ1) is 6.67.